The maximum Gasteiger partial charge on any atom is 0.252 e. The van der Waals surface area contributed by atoms with Crippen LogP contribution < -0.4 is 5.32 Å². The predicted molar refractivity (Wildman–Crippen MR) is 74.9 cm³/mol. The summed E-state index contributed by atoms with van der Waals surface area (Å²) >= 11 is 0. The molecule has 104 valence electrons. The number of hydrogen-bond donors (Lipinski definition) is 1. The van der Waals surface area contributed by atoms with Crippen molar-refractivity contribution in [2.24, 2.45) is 11.3 Å². The van der Waals surface area contributed by atoms with Gasteiger partial charge < -0.3 is 5.32 Å². The number of amides is 1. The average Bonchev–Trinajstić information content (AvgIpc) is 3.17. The summed E-state index contributed by atoms with van der Waals surface area (Å²) in [7, 11) is 0. The van der Waals surface area contributed by atoms with E-state index in [9.17, 15) is 4.79 Å². The summed E-state index contributed by atoms with van der Waals surface area (Å²) < 4.78 is 0. The average molecular weight is 269 g/mol. The van der Waals surface area contributed by atoms with Crippen LogP contribution in [0.3, 0.4) is 0 Å². The van der Waals surface area contributed by atoms with Crippen LogP contribution in [-0.4, -0.2) is 17.4 Å². The van der Waals surface area contributed by atoms with Crippen molar-refractivity contribution in [3.8, 4) is 6.07 Å². The van der Waals surface area contributed by atoms with Crippen LogP contribution in [0.1, 0.15) is 54.6 Å². The lowest BCUT2D eigenvalue weighted by Crippen LogP contribution is -2.27. The van der Waals surface area contributed by atoms with Crippen LogP contribution in [0.4, 0.5) is 0 Å². The lowest BCUT2D eigenvalue weighted by molar-refractivity contribution is 0.0949. The minimum Gasteiger partial charge on any atom is -0.352 e. The minimum atomic E-state index is -0.0835. The normalized spacial score (nSPS) is 23.1. The number of carbonyl (C=O) groups excluding carboxylic acids is 1. The van der Waals surface area contributed by atoms with E-state index in [2.05, 4.69) is 10.3 Å². The molecule has 4 heteroatoms. The maximum atomic E-state index is 12.0. The molecule has 20 heavy (non-hydrogen) atoms. The highest BCUT2D eigenvalue weighted by atomic mass is 16.1. The maximum absolute atomic E-state index is 12.0. The molecular formula is C16H19N3O. The molecule has 1 heterocycles. The minimum absolute atomic E-state index is 0.0835. The second-order valence-electron chi connectivity index (χ2n) is 6.08. The Hall–Kier alpha value is -1.89. The topological polar surface area (TPSA) is 65.8 Å². The summed E-state index contributed by atoms with van der Waals surface area (Å²) in [6.07, 6.45) is 9.50. The van der Waals surface area contributed by atoms with Gasteiger partial charge in [-0.15, -0.1) is 0 Å². The highest BCUT2D eigenvalue weighted by molar-refractivity contribution is 5.93. The van der Waals surface area contributed by atoms with E-state index >= 15 is 0 Å². The lowest BCUT2D eigenvalue weighted by Gasteiger charge is -2.22. The molecule has 0 radical (unpaired) electrons. The van der Waals surface area contributed by atoms with Crippen molar-refractivity contribution in [3.63, 3.8) is 0 Å². The number of carbonyl (C=O) groups is 1. The Labute approximate surface area is 119 Å². The largest absolute Gasteiger partial charge is 0.352 e. The van der Waals surface area contributed by atoms with Gasteiger partial charge >= 0.3 is 0 Å². The second-order valence-corrected chi connectivity index (χ2v) is 6.08. The summed E-state index contributed by atoms with van der Waals surface area (Å²) in [5, 5.41) is 11.7. The van der Waals surface area contributed by atoms with Gasteiger partial charge in [0.05, 0.1) is 5.56 Å². The van der Waals surface area contributed by atoms with E-state index in [0.717, 1.165) is 6.54 Å². The van der Waals surface area contributed by atoms with Crippen LogP contribution in [0.5, 0.6) is 0 Å². The molecule has 0 aromatic carbocycles. The number of pyridine rings is 1. The predicted octanol–water partition coefficient (Wildman–Crippen LogP) is 2.65. The number of nitrogens with zero attached hydrogens (tertiary/aromatic N) is 2. The summed E-state index contributed by atoms with van der Waals surface area (Å²) in [4.78, 5) is 15.9. The quantitative estimate of drug-likeness (QED) is 0.917. The van der Waals surface area contributed by atoms with Gasteiger partial charge in [-0.3, -0.25) is 4.79 Å². The zero-order valence-electron chi connectivity index (χ0n) is 11.6. The van der Waals surface area contributed by atoms with Crippen LogP contribution in [-0.2, 0) is 0 Å². The molecule has 2 aliphatic carbocycles. The molecule has 3 rings (SSSR count). The van der Waals surface area contributed by atoms with Gasteiger partial charge in [0.15, 0.2) is 0 Å². The fourth-order valence-electron chi connectivity index (χ4n) is 3.50. The molecule has 1 amide bonds. The molecule has 1 N–H and O–H groups in total. The third kappa shape index (κ3) is 2.53. The second kappa shape index (κ2) is 5.24. The first-order valence-corrected chi connectivity index (χ1v) is 7.38. The SMILES string of the molecule is N#Cc1ccc(C(=O)NC[C@H]2CC23CCCCC3)cn1. The third-order valence-electron chi connectivity index (χ3n) is 4.86. The first kappa shape index (κ1) is 13.1. The molecule has 0 bridgehead atoms. The molecule has 2 saturated carbocycles. The molecule has 4 nitrogen and oxygen atoms in total. The molecule has 2 fully saturated rings. The zero-order valence-corrected chi connectivity index (χ0v) is 11.6. The van der Waals surface area contributed by atoms with Crippen LogP contribution in [0.15, 0.2) is 18.3 Å². The van der Waals surface area contributed by atoms with Crippen molar-refractivity contribution < 1.29 is 4.79 Å². The number of hydrogen-bond acceptors (Lipinski definition) is 3. The summed E-state index contributed by atoms with van der Waals surface area (Å²) in [5.41, 5.74) is 1.42. The van der Waals surface area contributed by atoms with E-state index < -0.39 is 0 Å². The van der Waals surface area contributed by atoms with E-state index in [1.807, 2.05) is 6.07 Å². The highest BCUT2D eigenvalue weighted by Crippen LogP contribution is 2.60. The van der Waals surface area contributed by atoms with Gasteiger partial charge in [-0.1, -0.05) is 19.3 Å². The molecule has 1 atom stereocenters. The van der Waals surface area contributed by atoms with E-state index in [4.69, 9.17) is 5.26 Å². The van der Waals surface area contributed by atoms with Gasteiger partial charge in [-0.25, -0.2) is 4.98 Å². The highest BCUT2D eigenvalue weighted by Gasteiger charge is 2.53. The van der Waals surface area contributed by atoms with Crippen molar-refractivity contribution in [2.75, 3.05) is 6.54 Å². The van der Waals surface area contributed by atoms with E-state index in [0.29, 0.717) is 22.6 Å². The fraction of sp³-hybridized carbons (Fsp3) is 0.562. The number of aromatic nitrogens is 1. The Bertz CT molecular complexity index is 538. The van der Waals surface area contributed by atoms with Gasteiger partial charge in [-0.05, 0) is 42.7 Å². The van der Waals surface area contributed by atoms with Crippen molar-refractivity contribution >= 4 is 5.91 Å². The number of nitrogens with one attached hydrogen (secondary N) is 1. The van der Waals surface area contributed by atoms with Gasteiger partial charge in [0.25, 0.3) is 5.91 Å². The fourth-order valence-corrected chi connectivity index (χ4v) is 3.50. The molecule has 0 unspecified atom stereocenters. The molecule has 1 spiro atoms. The Morgan fingerprint density at radius 3 is 2.85 bits per heavy atom. The summed E-state index contributed by atoms with van der Waals surface area (Å²) in [5.74, 6) is 0.581. The standard InChI is InChI=1S/C16H19N3O/c17-9-14-5-4-12(10-18-14)15(20)19-11-13-8-16(13)6-2-1-3-7-16/h4-5,10,13H,1-3,6-8,11H2,(H,19,20)/t13-/m1/s1. The monoisotopic (exact) mass is 269 g/mol. The Kier molecular flexibility index (Phi) is 3.43. The molecule has 2 aliphatic rings. The van der Waals surface area contributed by atoms with Crippen molar-refractivity contribution in [1.82, 2.24) is 10.3 Å². The van der Waals surface area contributed by atoms with Crippen LogP contribution in [0, 0.1) is 22.7 Å². The third-order valence-corrected chi connectivity index (χ3v) is 4.86. The smallest absolute Gasteiger partial charge is 0.252 e. The van der Waals surface area contributed by atoms with Crippen molar-refractivity contribution in [2.45, 2.75) is 38.5 Å². The van der Waals surface area contributed by atoms with Gasteiger partial charge in [0.1, 0.15) is 11.8 Å². The van der Waals surface area contributed by atoms with Gasteiger partial charge in [0.2, 0.25) is 0 Å². The number of nitriles is 1. The van der Waals surface area contributed by atoms with Crippen molar-refractivity contribution in [3.05, 3.63) is 29.6 Å². The first-order valence-electron chi connectivity index (χ1n) is 7.38. The molecule has 0 aliphatic heterocycles. The molecule has 0 saturated heterocycles. The summed E-state index contributed by atoms with van der Waals surface area (Å²) in [6, 6.07) is 5.18. The Morgan fingerprint density at radius 1 is 1.40 bits per heavy atom. The number of rotatable bonds is 3. The van der Waals surface area contributed by atoms with Gasteiger partial charge in [0, 0.05) is 12.7 Å². The van der Waals surface area contributed by atoms with Gasteiger partial charge in [-0.2, -0.15) is 5.26 Å². The molecule has 1 aromatic rings. The zero-order chi connectivity index (χ0) is 14.0. The summed E-state index contributed by atoms with van der Waals surface area (Å²) in [6.45, 7) is 0.777. The van der Waals surface area contributed by atoms with Crippen molar-refractivity contribution in [1.29, 1.82) is 5.26 Å². The Balaban J connectivity index is 1.51. The van der Waals surface area contributed by atoms with E-state index in [1.54, 1.807) is 12.1 Å². The van der Waals surface area contributed by atoms with E-state index in [-0.39, 0.29) is 5.91 Å². The molecule has 1 aromatic heterocycles. The van der Waals surface area contributed by atoms with Crippen LogP contribution >= 0.6 is 0 Å². The lowest BCUT2D eigenvalue weighted by atomic mass is 9.84. The Morgan fingerprint density at radius 2 is 2.20 bits per heavy atom. The van der Waals surface area contributed by atoms with Crippen LogP contribution in [0.2, 0.25) is 0 Å². The first-order chi connectivity index (χ1) is 9.73. The van der Waals surface area contributed by atoms with E-state index in [1.165, 1.54) is 44.7 Å². The van der Waals surface area contributed by atoms with Crippen LogP contribution in [0.25, 0.3) is 0 Å². The molecular weight excluding hydrogens is 250 g/mol.